The minimum absolute atomic E-state index is 0.0657. The van der Waals surface area contributed by atoms with E-state index in [0.29, 0.717) is 17.6 Å². The fourth-order valence-electron chi connectivity index (χ4n) is 5.45. The van der Waals surface area contributed by atoms with E-state index in [1.807, 2.05) is 13.0 Å². The molecule has 2 saturated carbocycles. The van der Waals surface area contributed by atoms with Crippen LogP contribution in [0.25, 0.3) is 0 Å². The van der Waals surface area contributed by atoms with E-state index in [4.69, 9.17) is 4.74 Å². The molecular formula is C23H40O2. The smallest absolute Gasteiger partial charge is 0.168 e. The Kier molecular flexibility index (Phi) is 6.24. The molecule has 0 aliphatic heterocycles. The average molecular weight is 349 g/mol. The Morgan fingerprint density at radius 3 is 1.88 bits per heavy atom. The van der Waals surface area contributed by atoms with E-state index < -0.39 is 0 Å². The van der Waals surface area contributed by atoms with Crippen LogP contribution < -0.4 is 0 Å². The van der Waals surface area contributed by atoms with Gasteiger partial charge in [-0.15, -0.1) is 6.58 Å². The third-order valence-electron chi connectivity index (χ3n) is 7.67. The van der Waals surface area contributed by atoms with Gasteiger partial charge in [-0.25, -0.2) is 0 Å². The number of ketones is 1. The van der Waals surface area contributed by atoms with Crippen molar-refractivity contribution in [3.05, 3.63) is 12.7 Å². The van der Waals surface area contributed by atoms with E-state index in [-0.39, 0.29) is 22.5 Å². The van der Waals surface area contributed by atoms with Crippen molar-refractivity contribution in [2.45, 2.75) is 105 Å². The minimum atomic E-state index is -0.350. The zero-order chi connectivity index (χ0) is 18.9. The number of hydrogen-bond donors (Lipinski definition) is 0. The van der Waals surface area contributed by atoms with Gasteiger partial charge in [-0.2, -0.15) is 0 Å². The summed E-state index contributed by atoms with van der Waals surface area (Å²) in [6.45, 7) is 17.4. The molecule has 144 valence electrons. The summed E-state index contributed by atoms with van der Waals surface area (Å²) >= 11 is 0. The predicted octanol–water partition coefficient (Wildman–Crippen LogP) is 6.34. The molecule has 2 heteroatoms. The summed E-state index contributed by atoms with van der Waals surface area (Å²) in [5.74, 6) is 1.21. The molecule has 3 unspecified atom stereocenters. The van der Waals surface area contributed by atoms with Gasteiger partial charge in [0.05, 0.1) is 5.60 Å². The van der Waals surface area contributed by atoms with Gasteiger partial charge in [0, 0.05) is 5.41 Å². The van der Waals surface area contributed by atoms with E-state index in [9.17, 15) is 4.79 Å². The van der Waals surface area contributed by atoms with Gasteiger partial charge < -0.3 is 4.74 Å². The predicted molar refractivity (Wildman–Crippen MR) is 106 cm³/mol. The van der Waals surface area contributed by atoms with Crippen LogP contribution in [0, 0.1) is 22.7 Å². The second-order valence-electron chi connectivity index (χ2n) is 9.70. The summed E-state index contributed by atoms with van der Waals surface area (Å²) < 4.78 is 6.51. The lowest BCUT2D eigenvalue weighted by Crippen LogP contribution is -2.61. The molecule has 25 heavy (non-hydrogen) atoms. The fourth-order valence-corrected chi connectivity index (χ4v) is 5.45. The summed E-state index contributed by atoms with van der Waals surface area (Å²) in [6, 6.07) is 0. The Labute approximate surface area is 155 Å². The second kappa shape index (κ2) is 7.55. The highest BCUT2D eigenvalue weighted by molar-refractivity contribution is 5.90. The van der Waals surface area contributed by atoms with Gasteiger partial charge in [-0.05, 0) is 49.9 Å². The van der Waals surface area contributed by atoms with E-state index in [2.05, 4.69) is 41.2 Å². The summed E-state index contributed by atoms with van der Waals surface area (Å²) in [6.07, 6.45) is 10.7. The molecule has 0 heterocycles. The normalized spacial score (nSPS) is 30.8. The van der Waals surface area contributed by atoms with Crippen LogP contribution >= 0.6 is 0 Å². The highest BCUT2D eigenvalue weighted by atomic mass is 16.5. The van der Waals surface area contributed by atoms with Crippen molar-refractivity contribution in [2.75, 3.05) is 0 Å². The molecular weight excluding hydrogens is 308 g/mol. The van der Waals surface area contributed by atoms with Gasteiger partial charge in [0.25, 0.3) is 0 Å². The van der Waals surface area contributed by atoms with Crippen LogP contribution in [0.4, 0.5) is 0 Å². The lowest BCUT2D eigenvalue weighted by Gasteiger charge is -2.60. The van der Waals surface area contributed by atoms with Crippen molar-refractivity contribution in [1.29, 1.82) is 0 Å². The summed E-state index contributed by atoms with van der Waals surface area (Å²) in [4.78, 5) is 13.7. The molecule has 0 aromatic carbocycles. The van der Waals surface area contributed by atoms with Crippen molar-refractivity contribution in [3.8, 4) is 0 Å². The highest BCUT2D eigenvalue weighted by Gasteiger charge is 2.62. The van der Waals surface area contributed by atoms with Crippen LogP contribution in [-0.2, 0) is 9.53 Å². The van der Waals surface area contributed by atoms with Crippen molar-refractivity contribution < 1.29 is 9.53 Å². The first-order valence-electron chi connectivity index (χ1n) is 10.5. The molecule has 2 aliphatic carbocycles. The molecule has 0 N–H and O–H groups in total. The second-order valence-corrected chi connectivity index (χ2v) is 9.70. The maximum Gasteiger partial charge on any atom is 0.168 e. The molecule has 0 radical (unpaired) electrons. The molecule has 0 bridgehead atoms. The average Bonchev–Trinajstić information content (AvgIpc) is 2.80. The van der Waals surface area contributed by atoms with E-state index in [1.165, 1.54) is 25.7 Å². The van der Waals surface area contributed by atoms with Crippen molar-refractivity contribution in [1.82, 2.24) is 0 Å². The molecule has 0 saturated heterocycles. The SMILES string of the molecule is C=CC1(OC(C)C(=O)C2(C(C)C(C)C)CCC2(C)C)CCCCCC1. The third-order valence-corrected chi connectivity index (χ3v) is 7.67. The number of carbonyl (C=O) groups is 1. The zero-order valence-corrected chi connectivity index (χ0v) is 17.5. The largest absolute Gasteiger partial charge is 0.360 e. The molecule has 2 rings (SSSR count). The van der Waals surface area contributed by atoms with E-state index >= 15 is 0 Å². The molecule has 2 nitrogen and oxygen atoms in total. The van der Waals surface area contributed by atoms with Crippen LogP contribution in [-0.4, -0.2) is 17.5 Å². The molecule has 0 aromatic rings. The Hall–Kier alpha value is -0.630. The Bertz CT molecular complexity index is 482. The lowest BCUT2D eigenvalue weighted by molar-refractivity contribution is -0.181. The van der Waals surface area contributed by atoms with Crippen molar-refractivity contribution in [2.24, 2.45) is 22.7 Å². The van der Waals surface area contributed by atoms with Gasteiger partial charge in [-0.3, -0.25) is 4.79 Å². The van der Waals surface area contributed by atoms with Crippen LogP contribution in [0.5, 0.6) is 0 Å². The van der Waals surface area contributed by atoms with Gasteiger partial charge in [0.1, 0.15) is 6.10 Å². The number of hydrogen-bond acceptors (Lipinski definition) is 2. The van der Waals surface area contributed by atoms with Crippen LogP contribution in [0.15, 0.2) is 12.7 Å². The third kappa shape index (κ3) is 3.61. The molecule has 0 spiro atoms. The van der Waals surface area contributed by atoms with Crippen LogP contribution in [0.1, 0.15) is 92.9 Å². The van der Waals surface area contributed by atoms with Gasteiger partial charge >= 0.3 is 0 Å². The van der Waals surface area contributed by atoms with Gasteiger partial charge in [-0.1, -0.05) is 66.4 Å². The standard InChI is InChI=1S/C23H40O2/c1-8-22(13-11-9-10-12-14-22)25-19(5)20(24)23(18(4)17(2)3)16-15-21(23,6)7/h8,17-19H,1,9-16H2,2-7H3. The Morgan fingerprint density at radius 1 is 0.960 bits per heavy atom. The molecule has 0 aromatic heterocycles. The van der Waals surface area contributed by atoms with Gasteiger partial charge in [0.2, 0.25) is 0 Å². The number of Topliss-reactive ketones (excluding diaryl/α,β-unsaturated/α-hetero) is 1. The maximum absolute atomic E-state index is 13.7. The maximum atomic E-state index is 13.7. The summed E-state index contributed by atoms with van der Waals surface area (Å²) in [7, 11) is 0. The summed E-state index contributed by atoms with van der Waals surface area (Å²) in [5, 5.41) is 0. The monoisotopic (exact) mass is 348 g/mol. The lowest BCUT2D eigenvalue weighted by atomic mass is 9.43. The van der Waals surface area contributed by atoms with Crippen molar-refractivity contribution >= 4 is 5.78 Å². The first-order valence-corrected chi connectivity index (χ1v) is 10.5. The topological polar surface area (TPSA) is 26.3 Å². The molecule has 0 amide bonds. The molecule has 2 fully saturated rings. The number of carbonyl (C=O) groups excluding carboxylic acids is 1. The Morgan fingerprint density at radius 2 is 1.52 bits per heavy atom. The van der Waals surface area contributed by atoms with Crippen molar-refractivity contribution in [3.63, 3.8) is 0 Å². The van der Waals surface area contributed by atoms with Gasteiger partial charge in [0.15, 0.2) is 5.78 Å². The van der Waals surface area contributed by atoms with E-state index in [1.54, 1.807) is 0 Å². The molecule has 3 atom stereocenters. The van der Waals surface area contributed by atoms with Crippen LogP contribution in [0.2, 0.25) is 0 Å². The fraction of sp³-hybridized carbons (Fsp3) is 0.870. The quantitative estimate of drug-likeness (QED) is 0.396. The first kappa shape index (κ1) is 20.7. The molecule has 2 aliphatic rings. The zero-order valence-electron chi connectivity index (χ0n) is 17.5. The summed E-state index contributed by atoms with van der Waals surface area (Å²) in [5.41, 5.74) is -0.481. The highest BCUT2D eigenvalue weighted by Crippen LogP contribution is 2.63. The number of ether oxygens (including phenoxy) is 1. The minimum Gasteiger partial charge on any atom is -0.360 e. The Balaban J connectivity index is 2.23. The first-order chi connectivity index (χ1) is 11.6. The van der Waals surface area contributed by atoms with E-state index in [0.717, 1.165) is 25.7 Å². The van der Waals surface area contributed by atoms with Crippen LogP contribution in [0.3, 0.4) is 0 Å². The number of rotatable bonds is 7.